The molecule has 0 N–H and O–H groups in total. The molecule has 0 aliphatic rings. The van der Waals surface area contributed by atoms with Crippen LogP contribution < -0.4 is 0 Å². The van der Waals surface area contributed by atoms with Gasteiger partial charge in [0.15, 0.2) is 34.9 Å². The Morgan fingerprint density at radius 3 is 1.23 bits per heavy atom. The van der Waals surface area contributed by atoms with E-state index in [0.29, 0.717) is 34.9 Å². The Kier molecular flexibility index (Phi) is 14.4. The van der Waals surface area contributed by atoms with E-state index in [9.17, 15) is 0 Å². The van der Waals surface area contributed by atoms with Crippen LogP contribution in [-0.4, -0.2) is 39.0 Å². The fourth-order valence-electron chi connectivity index (χ4n) is 15.8. The van der Waals surface area contributed by atoms with E-state index in [1.165, 1.54) is 27.1 Å². The van der Waals surface area contributed by atoms with Gasteiger partial charge in [-0.15, -0.1) is 0 Å². The summed E-state index contributed by atoms with van der Waals surface area (Å²) in [7, 11) is 0. The molecule has 498 valence electrons. The lowest BCUT2D eigenvalue weighted by Crippen LogP contribution is -2.02. The maximum Gasteiger partial charge on any atom is 0.164 e. The summed E-state index contributed by atoms with van der Waals surface area (Å²) in [6.07, 6.45) is 0. The van der Waals surface area contributed by atoms with Crippen molar-refractivity contribution in [3.05, 3.63) is 364 Å². The molecule has 21 rings (SSSR count). The molecule has 0 saturated heterocycles. The van der Waals surface area contributed by atoms with Crippen LogP contribution in [0.5, 0.6) is 0 Å². The molecule has 5 aromatic heterocycles. The molecule has 0 atom stereocenters. The monoisotopic (exact) mass is 1360 g/mol. The zero-order valence-electron chi connectivity index (χ0n) is 57.6. The highest BCUT2D eigenvalue weighted by Crippen LogP contribution is 2.43. The van der Waals surface area contributed by atoms with Gasteiger partial charge in [0, 0.05) is 77.1 Å². The lowest BCUT2D eigenvalue weighted by atomic mass is 9.93. The topological polar surface area (TPSA) is 100 Å². The first kappa shape index (κ1) is 61.2. The van der Waals surface area contributed by atoms with E-state index in [1.807, 2.05) is 72.8 Å². The summed E-state index contributed by atoms with van der Waals surface area (Å²) in [5.41, 5.74) is 22.4. The molecule has 5 heterocycles. The first-order valence-electron chi connectivity index (χ1n) is 36.0. The minimum Gasteiger partial charge on any atom is -0.456 e. The van der Waals surface area contributed by atoms with Crippen LogP contribution in [0.25, 0.3) is 211 Å². The van der Waals surface area contributed by atoms with Crippen LogP contribution in [-0.2, 0) is 0 Å². The summed E-state index contributed by atoms with van der Waals surface area (Å²) in [4.78, 5) is 31.7. The minimum absolute atomic E-state index is 0.570. The smallest absolute Gasteiger partial charge is 0.164 e. The van der Waals surface area contributed by atoms with E-state index in [0.717, 1.165) is 149 Å². The second kappa shape index (κ2) is 25.2. The predicted octanol–water partition coefficient (Wildman–Crippen LogP) is 25.1. The molecule has 16 aromatic carbocycles. The number of rotatable bonds is 12. The van der Waals surface area contributed by atoms with E-state index >= 15 is 0 Å². The number of benzene rings is 16. The van der Waals surface area contributed by atoms with Crippen molar-refractivity contribution in [3.63, 3.8) is 0 Å². The van der Waals surface area contributed by atoms with Gasteiger partial charge < -0.3 is 13.6 Å². The van der Waals surface area contributed by atoms with Crippen molar-refractivity contribution in [2.75, 3.05) is 0 Å². The van der Waals surface area contributed by atoms with Crippen molar-refractivity contribution in [1.82, 2.24) is 39.0 Å². The summed E-state index contributed by atoms with van der Waals surface area (Å²) in [5, 5.41) is 11.2. The molecule has 9 heteroatoms. The molecule has 0 fully saturated rings. The Hall–Kier alpha value is -14.5. The second-order valence-electron chi connectivity index (χ2n) is 27.4. The van der Waals surface area contributed by atoms with Crippen molar-refractivity contribution < 1.29 is 4.42 Å². The summed E-state index contributed by atoms with van der Waals surface area (Å²) >= 11 is 0. The van der Waals surface area contributed by atoms with Crippen LogP contribution in [0, 0.1) is 0 Å². The van der Waals surface area contributed by atoms with Crippen LogP contribution >= 0.6 is 0 Å². The Morgan fingerprint density at radius 2 is 0.607 bits per heavy atom. The second-order valence-corrected chi connectivity index (χ2v) is 27.4. The van der Waals surface area contributed by atoms with E-state index < -0.39 is 0 Å². The van der Waals surface area contributed by atoms with E-state index in [1.54, 1.807) is 0 Å². The average Bonchev–Trinajstić information content (AvgIpc) is 1.62. The largest absolute Gasteiger partial charge is 0.456 e. The zero-order valence-corrected chi connectivity index (χ0v) is 57.6. The standard InChI is InChI=1S/C98H60N8O/c1-5-22-61(23-6-1)67-30-19-34-76(53-67)106-88-40-17-14-36-78(88)86-57-71-32-21-38-81(84(71)60-90(86)106)97-102-94(66-28-11-4-12-29-66)103-98(104-97)82-51-48-69(55-83(82)64-24-7-2-8-25-64)63-44-42-62(43-45-63)68-31-20-33-75(54-68)105-87-39-16-13-35-77(87)85-56-70-46-47-72(52-74(70)58-89(85)105)95-99-93(65-26-9-3-10-27-65)100-96(101-95)73-49-50-80-79-37-15-18-41-91(79)107-92(80)59-73/h1-60H. The van der Waals surface area contributed by atoms with Gasteiger partial charge in [-0.25, -0.2) is 29.9 Å². The number of fused-ring (bicyclic) bond motifs is 11. The molecule has 0 bridgehead atoms. The fraction of sp³-hybridized carbons (Fsp3) is 0. The van der Waals surface area contributed by atoms with E-state index in [2.05, 4.69) is 300 Å². The molecule has 0 spiro atoms. The zero-order chi connectivity index (χ0) is 70.5. The lowest BCUT2D eigenvalue weighted by molar-refractivity contribution is 0.669. The highest BCUT2D eigenvalue weighted by molar-refractivity contribution is 6.16. The van der Waals surface area contributed by atoms with Crippen LogP contribution in [0.4, 0.5) is 0 Å². The summed E-state index contributed by atoms with van der Waals surface area (Å²) in [5.74, 6) is 3.53. The number of para-hydroxylation sites is 3. The van der Waals surface area contributed by atoms with Gasteiger partial charge in [0.2, 0.25) is 0 Å². The summed E-state index contributed by atoms with van der Waals surface area (Å²) < 4.78 is 11.1. The average molecular weight is 1370 g/mol. The fourth-order valence-corrected chi connectivity index (χ4v) is 15.8. The van der Waals surface area contributed by atoms with E-state index in [4.69, 9.17) is 34.3 Å². The van der Waals surface area contributed by atoms with Crippen LogP contribution in [0.3, 0.4) is 0 Å². The van der Waals surface area contributed by atoms with Gasteiger partial charge in [0.05, 0.1) is 22.1 Å². The molecule has 0 unspecified atom stereocenters. The molecule has 0 saturated carbocycles. The predicted molar refractivity (Wildman–Crippen MR) is 439 cm³/mol. The molecule has 0 radical (unpaired) electrons. The van der Waals surface area contributed by atoms with Gasteiger partial charge in [-0.1, -0.05) is 267 Å². The summed E-state index contributed by atoms with van der Waals surface area (Å²) in [6, 6.07) is 129. The highest BCUT2D eigenvalue weighted by Gasteiger charge is 2.23. The van der Waals surface area contributed by atoms with Crippen molar-refractivity contribution in [2.45, 2.75) is 0 Å². The lowest BCUT2D eigenvalue weighted by Gasteiger charge is -2.15. The van der Waals surface area contributed by atoms with Crippen LogP contribution in [0.2, 0.25) is 0 Å². The van der Waals surface area contributed by atoms with Gasteiger partial charge in [0.25, 0.3) is 0 Å². The van der Waals surface area contributed by atoms with Gasteiger partial charge in [0.1, 0.15) is 11.2 Å². The summed E-state index contributed by atoms with van der Waals surface area (Å²) in [6.45, 7) is 0. The van der Waals surface area contributed by atoms with Gasteiger partial charge >= 0.3 is 0 Å². The number of hydrogen-bond acceptors (Lipinski definition) is 7. The number of furan rings is 1. The van der Waals surface area contributed by atoms with Gasteiger partial charge in [-0.3, -0.25) is 0 Å². The molecule has 0 amide bonds. The number of aromatic nitrogens is 8. The van der Waals surface area contributed by atoms with E-state index in [-0.39, 0.29) is 0 Å². The van der Waals surface area contributed by atoms with Gasteiger partial charge in [-0.05, 0) is 163 Å². The number of hydrogen-bond donors (Lipinski definition) is 0. The minimum atomic E-state index is 0.570. The van der Waals surface area contributed by atoms with Crippen LogP contribution in [0.15, 0.2) is 368 Å². The highest BCUT2D eigenvalue weighted by atomic mass is 16.3. The van der Waals surface area contributed by atoms with Crippen LogP contribution in [0.1, 0.15) is 0 Å². The normalized spacial score (nSPS) is 11.7. The molecule has 21 aromatic rings. The first-order chi connectivity index (χ1) is 53.0. The molecule has 0 aliphatic carbocycles. The van der Waals surface area contributed by atoms with Crippen molar-refractivity contribution in [3.8, 4) is 124 Å². The molecule has 0 aliphatic heterocycles. The van der Waals surface area contributed by atoms with Crippen molar-refractivity contribution in [2.24, 2.45) is 0 Å². The Bertz CT molecular complexity index is 7110. The third-order valence-electron chi connectivity index (χ3n) is 21.0. The first-order valence-corrected chi connectivity index (χ1v) is 36.0. The maximum atomic E-state index is 6.35. The molecular weight excluding hydrogens is 1310 g/mol. The maximum absolute atomic E-state index is 6.35. The van der Waals surface area contributed by atoms with Crippen molar-refractivity contribution in [1.29, 1.82) is 0 Å². The molecule has 9 nitrogen and oxygen atoms in total. The Balaban J connectivity index is 0.636. The SMILES string of the molecule is c1ccc(-c2cccc(-n3c4ccccc4c4cc5cccc(-c6nc(-c7ccccc7)nc(-c7ccc(-c8ccc(-c9cccc(-n%10c%11ccccc%11c%11cc%12ccc(-c%13nc(-c%14ccccc%14)nc(-c%14ccc%15c(c%14)oc%14ccccc%14%15)n%13)cc%12cc%11%10)c9)cc8)cc7-c7ccccc7)n6)c5cc43)c2)cc1. The third kappa shape index (κ3) is 10.7. The Labute approximate surface area is 615 Å². The van der Waals surface area contributed by atoms with Gasteiger partial charge in [-0.2, -0.15) is 0 Å². The van der Waals surface area contributed by atoms with Crippen molar-refractivity contribution >= 4 is 87.1 Å². The molecule has 107 heavy (non-hydrogen) atoms. The number of nitrogens with zero attached hydrogens (tertiary/aromatic N) is 8. The molecular formula is C98H60N8O. The third-order valence-corrected chi connectivity index (χ3v) is 21.0. The Morgan fingerprint density at radius 1 is 0.178 bits per heavy atom. The quantitative estimate of drug-likeness (QED) is 0.120.